The SMILES string of the molecule is CCCOc1cccc(C2c3c(oc4ccc(Cl)cc4c3=O)C(=O)N2c2ccc(C)cn2)c1. The molecule has 6 nitrogen and oxygen atoms in total. The number of hydrogen-bond acceptors (Lipinski definition) is 5. The maximum absolute atomic E-state index is 13.6. The second-order valence-corrected chi connectivity index (χ2v) is 8.44. The van der Waals surface area contributed by atoms with Crippen LogP contribution in [0.2, 0.25) is 5.02 Å². The third kappa shape index (κ3) is 3.66. The number of aryl methyl sites for hydroxylation is 1. The molecule has 0 fully saturated rings. The molecule has 166 valence electrons. The number of benzene rings is 2. The predicted molar refractivity (Wildman–Crippen MR) is 127 cm³/mol. The lowest BCUT2D eigenvalue weighted by Crippen LogP contribution is -2.30. The summed E-state index contributed by atoms with van der Waals surface area (Å²) in [5, 5.41) is 0.749. The van der Waals surface area contributed by atoms with Gasteiger partial charge in [-0.25, -0.2) is 4.98 Å². The fourth-order valence-electron chi connectivity index (χ4n) is 4.09. The number of hydrogen-bond donors (Lipinski definition) is 0. The Morgan fingerprint density at radius 2 is 1.97 bits per heavy atom. The van der Waals surface area contributed by atoms with E-state index in [0.29, 0.717) is 34.2 Å². The molecule has 0 aliphatic carbocycles. The molecule has 1 unspecified atom stereocenters. The number of aromatic nitrogens is 1. The summed E-state index contributed by atoms with van der Waals surface area (Å²) in [6.45, 7) is 4.52. The lowest BCUT2D eigenvalue weighted by molar-refractivity contribution is 0.0970. The number of carbonyl (C=O) groups is 1. The average molecular weight is 461 g/mol. The Morgan fingerprint density at radius 1 is 1.12 bits per heavy atom. The zero-order valence-electron chi connectivity index (χ0n) is 18.2. The van der Waals surface area contributed by atoms with Gasteiger partial charge in [0.15, 0.2) is 5.43 Å². The topological polar surface area (TPSA) is 72.6 Å². The smallest absolute Gasteiger partial charge is 0.296 e. The minimum Gasteiger partial charge on any atom is -0.494 e. The molecule has 0 saturated carbocycles. The number of anilines is 1. The molecule has 1 atom stereocenters. The normalized spacial score (nSPS) is 15.2. The van der Waals surface area contributed by atoms with Gasteiger partial charge in [-0.15, -0.1) is 0 Å². The zero-order valence-corrected chi connectivity index (χ0v) is 18.9. The minimum atomic E-state index is -0.715. The number of ether oxygens (including phenoxy) is 1. The van der Waals surface area contributed by atoms with E-state index in [1.54, 1.807) is 30.5 Å². The molecular formula is C26H21ClN2O4. The molecule has 0 radical (unpaired) electrons. The summed E-state index contributed by atoms with van der Waals surface area (Å²) in [5.41, 5.74) is 1.98. The number of rotatable bonds is 5. The highest BCUT2D eigenvalue weighted by molar-refractivity contribution is 6.31. The Morgan fingerprint density at radius 3 is 2.73 bits per heavy atom. The van der Waals surface area contributed by atoms with Crippen molar-refractivity contribution in [2.45, 2.75) is 26.3 Å². The quantitative estimate of drug-likeness (QED) is 0.382. The van der Waals surface area contributed by atoms with Gasteiger partial charge in [-0.3, -0.25) is 14.5 Å². The molecule has 5 rings (SSSR count). The van der Waals surface area contributed by atoms with E-state index in [2.05, 4.69) is 4.98 Å². The fourth-order valence-corrected chi connectivity index (χ4v) is 4.27. The van der Waals surface area contributed by atoms with Gasteiger partial charge in [0, 0.05) is 11.2 Å². The number of pyridine rings is 1. The molecule has 0 bridgehead atoms. The number of nitrogens with zero attached hydrogens (tertiary/aromatic N) is 2. The summed E-state index contributed by atoms with van der Waals surface area (Å²) in [6.07, 6.45) is 2.56. The summed E-state index contributed by atoms with van der Waals surface area (Å²) in [7, 11) is 0. The van der Waals surface area contributed by atoms with E-state index in [1.807, 2.05) is 44.2 Å². The summed E-state index contributed by atoms with van der Waals surface area (Å²) in [4.78, 5) is 33.2. The highest BCUT2D eigenvalue weighted by Gasteiger charge is 2.44. The van der Waals surface area contributed by atoms with Crippen LogP contribution < -0.4 is 15.1 Å². The molecule has 2 aromatic heterocycles. The second kappa shape index (κ2) is 8.37. The summed E-state index contributed by atoms with van der Waals surface area (Å²) < 4.78 is 11.8. The van der Waals surface area contributed by atoms with Crippen molar-refractivity contribution in [1.29, 1.82) is 0 Å². The van der Waals surface area contributed by atoms with E-state index in [0.717, 1.165) is 17.5 Å². The van der Waals surface area contributed by atoms with Crippen LogP contribution in [-0.4, -0.2) is 17.5 Å². The van der Waals surface area contributed by atoms with Gasteiger partial charge in [-0.2, -0.15) is 0 Å². The molecule has 4 aromatic rings. The Hall–Kier alpha value is -3.64. The number of halogens is 1. The number of amides is 1. The predicted octanol–water partition coefficient (Wildman–Crippen LogP) is 5.69. The van der Waals surface area contributed by atoms with Crippen molar-refractivity contribution in [2.24, 2.45) is 0 Å². The Bertz CT molecular complexity index is 1430. The Balaban J connectivity index is 1.76. The van der Waals surface area contributed by atoms with Crippen LogP contribution >= 0.6 is 11.6 Å². The average Bonchev–Trinajstić information content (AvgIpc) is 3.11. The first-order valence-corrected chi connectivity index (χ1v) is 11.1. The van der Waals surface area contributed by atoms with Gasteiger partial charge in [0.1, 0.15) is 17.2 Å². The first-order valence-electron chi connectivity index (χ1n) is 10.7. The lowest BCUT2D eigenvalue weighted by atomic mass is 9.98. The number of fused-ring (bicyclic) bond motifs is 2. The van der Waals surface area contributed by atoms with Gasteiger partial charge in [0.25, 0.3) is 5.91 Å². The van der Waals surface area contributed by atoms with Crippen molar-refractivity contribution >= 4 is 34.3 Å². The first-order chi connectivity index (χ1) is 16.0. The Labute approximate surface area is 195 Å². The lowest BCUT2D eigenvalue weighted by Gasteiger charge is -2.24. The van der Waals surface area contributed by atoms with Gasteiger partial charge in [0.05, 0.1) is 23.6 Å². The highest BCUT2D eigenvalue weighted by Crippen LogP contribution is 2.41. The largest absolute Gasteiger partial charge is 0.494 e. The minimum absolute atomic E-state index is 0.0158. The van der Waals surface area contributed by atoms with Crippen LogP contribution in [-0.2, 0) is 0 Å². The van der Waals surface area contributed by atoms with Crippen molar-refractivity contribution in [3.63, 3.8) is 0 Å². The van der Waals surface area contributed by atoms with Crippen LogP contribution in [0.5, 0.6) is 5.75 Å². The van der Waals surface area contributed by atoms with Crippen LogP contribution in [0.1, 0.15) is 46.6 Å². The third-order valence-corrected chi connectivity index (χ3v) is 5.86. The molecular weight excluding hydrogens is 440 g/mol. The van der Waals surface area contributed by atoms with Gasteiger partial charge in [-0.05, 0) is 60.9 Å². The molecule has 1 aliphatic rings. The van der Waals surface area contributed by atoms with Crippen molar-refractivity contribution in [3.8, 4) is 5.75 Å². The second-order valence-electron chi connectivity index (χ2n) is 8.01. The number of carbonyl (C=O) groups excluding carboxylic acids is 1. The third-order valence-electron chi connectivity index (χ3n) is 5.62. The van der Waals surface area contributed by atoms with Crippen LogP contribution in [0, 0.1) is 6.92 Å². The van der Waals surface area contributed by atoms with Gasteiger partial charge in [0.2, 0.25) is 5.76 Å². The van der Waals surface area contributed by atoms with E-state index < -0.39 is 11.9 Å². The van der Waals surface area contributed by atoms with E-state index in [-0.39, 0.29) is 16.8 Å². The van der Waals surface area contributed by atoms with Gasteiger partial charge in [-0.1, -0.05) is 36.7 Å². The van der Waals surface area contributed by atoms with E-state index in [4.69, 9.17) is 20.8 Å². The maximum Gasteiger partial charge on any atom is 0.296 e. The molecule has 7 heteroatoms. The Kier molecular flexibility index (Phi) is 5.38. The standard InChI is InChI=1S/C26H21ClN2O4/c1-3-11-32-18-6-4-5-16(12-18)23-22-24(30)19-13-17(27)8-9-20(19)33-25(22)26(31)29(23)21-10-7-15(2)14-28-21/h4-10,12-14,23H,3,11H2,1-2H3. The zero-order chi connectivity index (χ0) is 23.1. The van der Waals surface area contributed by atoms with Crippen LogP contribution in [0.25, 0.3) is 11.0 Å². The summed E-state index contributed by atoms with van der Waals surface area (Å²) >= 11 is 6.15. The van der Waals surface area contributed by atoms with Crippen LogP contribution in [0.15, 0.2) is 70.0 Å². The van der Waals surface area contributed by atoms with E-state index in [9.17, 15) is 9.59 Å². The molecule has 33 heavy (non-hydrogen) atoms. The van der Waals surface area contributed by atoms with Crippen LogP contribution in [0.3, 0.4) is 0 Å². The van der Waals surface area contributed by atoms with Crippen molar-refractivity contribution in [2.75, 3.05) is 11.5 Å². The van der Waals surface area contributed by atoms with Gasteiger partial charge < -0.3 is 9.15 Å². The molecule has 0 saturated heterocycles. The molecule has 1 aliphatic heterocycles. The highest BCUT2D eigenvalue weighted by atomic mass is 35.5. The summed E-state index contributed by atoms with van der Waals surface area (Å²) in [5.74, 6) is 0.700. The molecule has 0 spiro atoms. The van der Waals surface area contributed by atoms with Crippen LogP contribution in [0.4, 0.5) is 5.82 Å². The van der Waals surface area contributed by atoms with Gasteiger partial charge >= 0.3 is 0 Å². The van der Waals surface area contributed by atoms with E-state index >= 15 is 0 Å². The first kappa shape index (κ1) is 21.2. The molecule has 3 heterocycles. The van der Waals surface area contributed by atoms with Crippen molar-refractivity contribution in [1.82, 2.24) is 4.98 Å². The maximum atomic E-state index is 13.6. The van der Waals surface area contributed by atoms with Crippen molar-refractivity contribution < 1.29 is 13.9 Å². The molecule has 1 amide bonds. The summed E-state index contributed by atoms with van der Waals surface area (Å²) in [6, 6.07) is 15.2. The van der Waals surface area contributed by atoms with E-state index in [1.165, 1.54) is 4.90 Å². The monoisotopic (exact) mass is 460 g/mol. The molecule has 0 N–H and O–H groups in total. The molecule has 2 aromatic carbocycles. The fraction of sp³-hybridized carbons (Fsp3) is 0.192. The van der Waals surface area contributed by atoms with Crippen molar-refractivity contribution in [3.05, 3.63) is 98.5 Å².